The van der Waals surface area contributed by atoms with Crippen molar-refractivity contribution in [2.45, 2.75) is 99.3 Å². The van der Waals surface area contributed by atoms with Crippen molar-refractivity contribution in [3.8, 4) is 50.9 Å². The summed E-state index contributed by atoms with van der Waals surface area (Å²) in [5.41, 5.74) is 9.41. The van der Waals surface area contributed by atoms with E-state index in [4.69, 9.17) is 17.9 Å². The first-order chi connectivity index (χ1) is 37.5. The van der Waals surface area contributed by atoms with Gasteiger partial charge in [0.2, 0.25) is 0 Å². The summed E-state index contributed by atoms with van der Waals surface area (Å²) >= 11 is 2.19. The van der Waals surface area contributed by atoms with Crippen LogP contribution in [0.25, 0.3) is 72.3 Å². The summed E-state index contributed by atoms with van der Waals surface area (Å²) in [7, 11) is 0. The number of ether oxygens (including phenoxy) is 1. The number of fused-ring (bicyclic) bond motifs is 6. The van der Waals surface area contributed by atoms with E-state index in [1.165, 1.54) is 16.5 Å². The van der Waals surface area contributed by atoms with Gasteiger partial charge in [0.1, 0.15) is 0 Å². The molecule has 10 aromatic rings. The number of nitrogens with zero attached hydrogens (tertiary/aromatic N) is 4. The molecule has 7 aromatic carbocycles. The predicted octanol–water partition coefficient (Wildman–Crippen LogP) is 16.5. The Morgan fingerprint density at radius 1 is 0.629 bits per heavy atom. The second-order valence-electron chi connectivity index (χ2n) is 21.2. The van der Waals surface area contributed by atoms with Crippen molar-refractivity contribution in [1.82, 2.24) is 18.7 Å². The van der Waals surface area contributed by atoms with Crippen molar-refractivity contribution in [3.05, 3.63) is 195 Å². The Hall–Kier alpha value is -6.55. The minimum absolute atomic E-state index is 0.0808. The second-order valence-corrected chi connectivity index (χ2v) is 22.2. The van der Waals surface area contributed by atoms with Crippen LogP contribution < -0.4 is 4.74 Å². The van der Waals surface area contributed by atoms with E-state index < -0.39 is 60.4 Å². The van der Waals surface area contributed by atoms with Gasteiger partial charge in [-0.15, -0.1) is 0 Å². The molecule has 70 heavy (non-hydrogen) atoms. The van der Waals surface area contributed by atoms with Gasteiger partial charge >= 0.3 is 326 Å². The molecular formula is C64H60N4OPt-2. The summed E-state index contributed by atoms with van der Waals surface area (Å²) < 4.78 is 103. The van der Waals surface area contributed by atoms with Gasteiger partial charge in [0.15, 0.2) is 0 Å². The van der Waals surface area contributed by atoms with Gasteiger partial charge in [-0.1, -0.05) is 68.4 Å². The van der Waals surface area contributed by atoms with Gasteiger partial charge in [0.25, 0.3) is 0 Å². The number of imidazole rings is 1. The molecule has 11 rings (SSSR count). The van der Waals surface area contributed by atoms with Crippen LogP contribution in [0.1, 0.15) is 109 Å². The van der Waals surface area contributed by atoms with Crippen LogP contribution >= 0.6 is 0 Å². The molecule has 1 aliphatic carbocycles. The molecule has 3 heterocycles. The Kier molecular flexibility index (Phi) is 8.25. The number of benzene rings is 7. The van der Waals surface area contributed by atoms with Crippen molar-refractivity contribution < 1.29 is 37.8 Å². The third-order valence-electron chi connectivity index (χ3n) is 16.1. The van der Waals surface area contributed by atoms with Gasteiger partial charge in [0.05, 0.1) is 0 Å². The van der Waals surface area contributed by atoms with Crippen molar-refractivity contribution in [1.29, 1.82) is 0 Å². The normalized spacial score (nSPS) is 17.0. The molecule has 0 saturated heterocycles. The molecule has 0 fully saturated rings. The summed E-state index contributed by atoms with van der Waals surface area (Å²) in [4.78, 5) is 5.00. The van der Waals surface area contributed by atoms with Crippen LogP contribution in [0.15, 0.2) is 145 Å². The van der Waals surface area contributed by atoms with E-state index in [9.17, 15) is 5.48 Å². The Morgan fingerprint density at radius 3 is 1.87 bits per heavy atom. The van der Waals surface area contributed by atoms with Gasteiger partial charge in [-0.3, -0.25) is 0 Å². The van der Waals surface area contributed by atoms with E-state index in [-0.39, 0.29) is 49.6 Å². The first-order valence-electron chi connectivity index (χ1n) is 28.7. The number of aromatic nitrogens is 4. The Balaban J connectivity index is 1.15. The predicted molar refractivity (Wildman–Crippen MR) is 286 cm³/mol. The molecule has 0 spiro atoms. The van der Waals surface area contributed by atoms with Gasteiger partial charge < -0.3 is 0 Å². The average molecular weight is 1110 g/mol. The summed E-state index contributed by atoms with van der Waals surface area (Å²) in [6, 6.07) is 28.3. The first kappa shape index (κ1) is 35.5. The monoisotopic (exact) mass is 1110 g/mol. The van der Waals surface area contributed by atoms with Gasteiger partial charge in [-0.25, -0.2) is 0 Å². The topological polar surface area (TPSA) is 36.9 Å². The molecular weight excluding hydrogens is 1040 g/mol. The third kappa shape index (κ3) is 6.75. The van der Waals surface area contributed by atoms with E-state index in [1.807, 2.05) is 84.6 Å². The molecule has 0 radical (unpaired) electrons. The van der Waals surface area contributed by atoms with Crippen LogP contribution in [0, 0.1) is 42.1 Å². The number of hydrogen-bond donors (Lipinski definition) is 0. The average Bonchev–Trinajstić information content (AvgIpc) is 4.17. The fourth-order valence-corrected chi connectivity index (χ4v) is 12.0. The molecule has 0 aliphatic heterocycles. The molecule has 0 bridgehead atoms. The van der Waals surface area contributed by atoms with Crippen LogP contribution in [0.5, 0.6) is 11.5 Å². The maximum absolute atomic E-state index is 9.34. The number of para-hydroxylation sites is 2. The van der Waals surface area contributed by atoms with Crippen LogP contribution in [0.3, 0.4) is 0 Å². The van der Waals surface area contributed by atoms with Crippen LogP contribution in [0.2, 0.25) is 0 Å². The fourth-order valence-electron chi connectivity index (χ4n) is 10.9. The van der Waals surface area contributed by atoms with E-state index in [0.29, 0.717) is 48.7 Å². The summed E-state index contributed by atoms with van der Waals surface area (Å²) in [5.74, 6) is 1.62. The molecule has 0 amide bonds. The minimum atomic E-state index is -0.558. The number of pyridine rings is 1. The van der Waals surface area contributed by atoms with E-state index in [0.717, 1.165) is 27.8 Å². The third-order valence-corrected chi connectivity index (χ3v) is 17.1. The van der Waals surface area contributed by atoms with Crippen LogP contribution in [-0.4, -0.2) is 18.7 Å². The van der Waals surface area contributed by atoms with Crippen LogP contribution in [0.4, 0.5) is 0 Å². The fraction of sp³-hybridized carbons (Fsp3) is 0.250. The summed E-state index contributed by atoms with van der Waals surface area (Å²) in [6.07, 6.45) is 1.88. The van der Waals surface area contributed by atoms with Crippen molar-refractivity contribution in [2.75, 3.05) is 0 Å². The molecule has 1 aliphatic rings. The molecule has 0 atom stereocenters. The first-order valence-corrected chi connectivity index (χ1v) is 24.8. The van der Waals surface area contributed by atoms with Gasteiger partial charge in [0, 0.05) is 6.20 Å². The zero-order valence-electron chi connectivity index (χ0n) is 51.6. The van der Waals surface area contributed by atoms with Crippen molar-refractivity contribution in [2.24, 2.45) is 5.41 Å². The Morgan fingerprint density at radius 2 is 1.24 bits per heavy atom. The van der Waals surface area contributed by atoms with E-state index >= 15 is 0 Å². The standard InChI is InChI=1S/C64H60N4O.Pt/c1-40-41(2)56(43-22-15-13-16-23-43)60(57(42(40)3)44-24-17-14-18-25-44)67-39-66(51-28-19-20-29-52(51)67)46-26-21-27-47(37-46)69-48-30-31-49-54(38-48)68(55-36-45(34-35-65-55)61(4,5)6)53-33-32-50-59(58(49)53)63(9,10)64(11,12)62(50,7)8;/h13-36H,1-12H3;/q-2;/i13D,14D,15D,16D,17D,18D,22D,23D,24D,25D;. The van der Waals surface area contributed by atoms with E-state index in [2.05, 4.69) is 129 Å². The van der Waals surface area contributed by atoms with Crippen LogP contribution in [-0.2, 0) is 35.6 Å². The number of hydrogen-bond acceptors (Lipinski definition) is 2. The summed E-state index contributed by atoms with van der Waals surface area (Å²) in [6.45, 7) is 26.3. The second kappa shape index (κ2) is 16.3. The Bertz CT molecular complexity index is 4270. The van der Waals surface area contributed by atoms with Gasteiger partial charge in [-0.05, 0) is 38.9 Å². The zero-order chi connectivity index (χ0) is 57.9. The quantitative estimate of drug-likeness (QED) is 0.149. The Labute approximate surface area is 437 Å². The SMILES string of the molecule is [2H]c1c([2H])c([2H])c(-c2c(C)c(C)c(C)c(-c3c([2H])c([2H])c([2H])c([2H])c3[2H])c2-n2[c](=[Pt])n(-c3[c-]c(Oc4[c-]c5c(cc4)c4c6c(ccc4n5-c4cc(C(C)(C)C)ccn4)C(C)(C)C(C)(C)C6(C)C)ccc3)c3ccccc32)c([2H])c1[2H]. The zero-order valence-corrected chi connectivity index (χ0v) is 43.9. The molecule has 0 unspecified atom stereocenters. The van der Waals surface area contributed by atoms with Crippen molar-refractivity contribution in [3.63, 3.8) is 0 Å². The van der Waals surface area contributed by atoms with Crippen molar-refractivity contribution >= 4 is 32.8 Å². The molecule has 354 valence electrons. The summed E-state index contributed by atoms with van der Waals surface area (Å²) in [5, 5.41) is 2.21. The number of rotatable bonds is 7. The molecule has 0 saturated carbocycles. The van der Waals surface area contributed by atoms with E-state index in [1.54, 1.807) is 0 Å². The molecule has 0 N–H and O–H groups in total. The molecule has 5 nitrogen and oxygen atoms in total. The molecule has 3 aromatic heterocycles. The maximum atomic E-state index is 9.34. The molecule has 6 heteroatoms. The van der Waals surface area contributed by atoms with Gasteiger partial charge in [-0.2, -0.15) is 0 Å².